The summed E-state index contributed by atoms with van der Waals surface area (Å²) >= 11 is 0. The Bertz CT molecular complexity index is 1630. The number of pyridine rings is 1. The summed E-state index contributed by atoms with van der Waals surface area (Å²) in [4.78, 5) is 30.8. The maximum absolute atomic E-state index is 13.0. The quantitative estimate of drug-likeness (QED) is 0.179. The normalized spacial score (nSPS) is 11.8. The highest BCUT2D eigenvalue weighted by Crippen LogP contribution is 2.30. The molecule has 0 spiro atoms. The SMILES string of the molecule is COCC(C)(C)CNc1ccc(S(=O)(=O)NC(=O)c2ccccc2Oc2cnc3[nH]ccc3c2)cc1[N+](=O)[O-]. The number of methoxy groups -OCH3 is 1. The topological polar surface area (TPSA) is 166 Å². The number of sulfonamides is 1. The van der Waals surface area contributed by atoms with E-state index in [9.17, 15) is 23.3 Å². The molecule has 13 heteroatoms. The minimum absolute atomic E-state index is 0.0524. The number of amides is 1. The fraction of sp³-hybridized carbons (Fsp3) is 0.231. The number of benzene rings is 2. The first-order valence-electron chi connectivity index (χ1n) is 11.8. The number of rotatable bonds is 11. The van der Waals surface area contributed by atoms with E-state index < -0.39 is 31.4 Å². The number of ether oxygens (including phenoxy) is 2. The molecule has 1 amide bonds. The van der Waals surface area contributed by atoms with Gasteiger partial charge in [0.05, 0.1) is 28.2 Å². The standard InChI is InChI=1S/C26H27N5O7S/c1-26(2,16-37-3)15-29-21-9-8-19(13-22(21)31(33)34)39(35,36)30-25(32)20-6-4-5-7-23(20)38-18-12-17-10-11-27-24(17)28-14-18/h4-14,29H,15-16H2,1-3H3,(H,27,28)(H,30,32). The van der Waals surface area contributed by atoms with Crippen LogP contribution in [0.1, 0.15) is 24.2 Å². The van der Waals surface area contributed by atoms with E-state index in [1.807, 2.05) is 18.6 Å². The van der Waals surface area contributed by atoms with Gasteiger partial charge in [-0.3, -0.25) is 14.9 Å². The Balaban J connectivity index is 1.55. The van der Waals surface area contributed by atoms with Crippen molar-refractivity contribution < 1.29 is 27.6 Å². The minimum Gasteiger partial charge on any atom is -0.455 e. The molecular formula is C26H27N5O7S. The van der Waals surface area contributed by atoms with E-state index in [4.69, 9.17) is 9.47 Å². The van der Waals surface area contributed by atoms with Crippen LogP contribution in [0.3, 0.4) is 0 Å². The van der Waals surface area contributed by atoms with Crippen LogP contribution in [0, 0.1) is 15.5 Å². The van der Waals surface area contributed by atoms with Crippen LogP contribution in [-0.2, 0) is 14.8 Å². The summed E-state index contributed by atoms with van der Waals surface area (Å²) in [5.41, 5.74) is -0.0340. The van der Waals surface area contributed by atoms with Crippen LogP contribution in [0.5, 0.6) is 11.5 Å². The van der Waals surface area contributed by atoms with E-state index in [2.05, 4.69) is 15.3 Å². The number of fused-ring (bicyclic) bond motifs is 1. The lowest BCUT2D eigenvalue weighted by molar-refractivity contribution is -0.384. The molecule has 0 radical (unpaired) electrons. The van der Waals surface area contributed by atoms with E-state index in [1.165, 1.54) is 30.5 Å². The number of para-hydroxylation sites is 1. The molecule has 2 aromatic carbocycles. The highest BCUT2D eigenvalue weighted by atomic mass is 32.2. The largest absolute Gasteiger partial charge is 0.455 e. The van der Waals surface area contributed by atoms with Crippen molar-refractivity contribution in [1.29, 1.82) is 0 Å². The van der Waals surface area contributed by atoms with Gasteiger partial charge in [-0.1, -0.05) is 26.0 Å². The minimum atomic E-state index is -4.47. The van der Waals surface area contributed by atoms with Gasteiger partial charge in [-0.25, -0.2) is 18.1 Å². The van der Waals surface area contributed by atoms with Crippen molar-refractivity contribution in [3.8, 4) is 11.5 Å². The summed E-state index contributed by atoms with van der Waals surface area (Å²) < 4.78 is 39.0. The molecule has 4 rings (SSSR count). The molecule has 0 atom stereocenters. The Kier molecular flexibility index (Phi) is 7.83. The van der Waals surface area contributed by atoms with E-state index in [0.29, 0.717) is 24.5 Å². The van der Waals surface area contributed by atoms with Crippen LogP contribution < -0.4 is 14.8 Å². The van der Waals surface area contributed by atoms with Crippen LogP contribution in [0.25, 0.3) is 11.0 Å². The lowest BCUT2D eigenvalue weighted by Gasteiger charge is -2.24. The maximum atomic E-state index is 13.0. The zero-order chi connectivity index (χ0) is 28.2. The first kappa shape index (κ1) is 27.5. The number of nitrogens with zero attached hydrogens (tertiary/aromatic N) is 2. The van der Waals surface area contributed by atoms with Gasteiger partial charge in [0.25, 0.3) is 21.6 Å². The molecule has 2 aromatic heterocycles. The highest BCUT2D eigenvalue weighted by Gasteiger charge is 2.26. The molecule has 204 valence electrons. The van der Waals surface area contributed by atoms with Crippen molar-refractivity contribution in [3.63, 3.8) is 0 Å². The van der Waals surface area contributed by atoms with Crippen molar-refractivity contribution in [2.24, 2.45) is 5.41 Å². The van der Waals surface area contributed by atoms with Gasteiger partial charge in [0, 0.05) is 36.7 Å². The molecule has 2 heterocycles. The van der Waals surface area contributed by atoms with Gasteiger partial charge in [0.1, 0.15) is 22.8 Å². The van der Waals surface area contributed by atoms with E-state index in [-0.39, 0.29) is 22.4 Å². The Morgan fingerprint density at radius 3 is 2.67 bits per heavy atom. The third kappa shape index (κ3) is 6.51. The molecule has 0 saturated heterocycles. The van der Waals surface area contributed by atoms with Gasteiger partial charge in [0.2, 0.25) is 0 Å². The van der Waals surface area contributed by atoms with E-state index in [1.54, 1.807) is 37.6 Å². The molecule has 0 aliphatic carbocycles. The molecule has 0 aliphatic rings. The second-order valence-electron chi connectivity index (χ2n) is 9.51. The number of H-pyrrole nitrogens is 1. The molecule has 0 saturated carbocycles. The number of nitro groups is 1. The van der Waals surface area contributed by atoms with Gasteiger partial charge < -0.3 is 19.8 Å². The fourth-order valence-electron chi connectivity index (χ4n) is 3.84. The summed E-state index contributed by atoms with van der Waals surface area (Å²) in [7, 11) is -2.91. The number of anilines is 1. The van der Waals surface area contributed by atoms with Gasteiger partial charge >= 0.3 is 0 Å². The first-order chi connectivity index (χ1) is 18.5. The Morgan fingerprint density at radius 1 is 1.15 bits per heavy atom. The molecular weight excluding hydrogens is 526 g/mol. The second-order valence-corrected chi connectivity index (χ2v) is 11.2. The molecule has 3 N–H and O–H groups in total. The molecule has 0 aliphatic heterocycles. The fourth-order valence-corrected chi connectivity index (χ4v) is 4.82. The summed E-state index contributed by atoms with van der Waals surface area (Å²) in [5, 5.41) is 15.5. The van der Waals surface area contributed by atoms with Crippen molar-refractivity contribution in [3.05, 3.63) is 82.7 Å². The number of hydrogen-bond acceptors (Lipinski definition) is 9. The molecule has 12 nitrogen and oxygen atoms in total. The highest BCUT2D eigenvalue weighted by molar-refractivity contribution is 7.90. The molecule has 39 heavy (non-hydrogen) atoms. The van der Waals surface area contributed by atoms with Crippen molar-refractivity contribution in [1.82, 2.24) is 14.7 Å². The lowest BCUT2D eigenvalue weighted by Crippen LogP contribution is -2.31. The van der Waals surface area contributed by atoms with Gasteiger partial charge in [-0.05, 0) is 36.4 Å². The Morgan fingerprint density at radius 2 is 1.92 bits per heavy atom. The predicted octanol–water partition coefficient (Wildman–Crippen LogP) is 4.47. The Labute approximate surface area is 224 Å². The van der Waals surface area contributed by atoms with Gasteiger partial charge in [0.15, 0.2) is 0 Å². The molecule has 0 bridgehead atoms. The maximum Gasteiger partial charge on any atom is 0.293 e. The van der Waals surface area contributed by atoms with Crippen LogP contribution in [0.2, 0.25) is 0 Å². The Hall–Kier alpha value is -4.49. The smallest absolute Gasteiger partial charge is 0.293 e. The molecule has 0 fully saturated rings. The number of aromatic amines is 1. The number of nitrogens with one attached hydrogen (secondary N) is 3. The summed E-state index contributed by atoms with van der Waals surface area (Å²) in [6.07, 6.45) is 3.19. The lowest BCUT2D eigenvalue weighted by atomic mass is 9.95. The van der Waals surface area contributed by atoms with Crippen molar-refractivity contribution >= 4 is 38.3 Å². The summed E-state index contributed by atoms with van der Waals surface area (Å²) in [6.45, 7) is 4.59. The third-order valence-corrected chi connectivity index (χ3v) is 7.06. The van der Waals surface area contributed by atoms with Crippen LogP contribution in [-0.4, -0.2) is 49.5 Å². The number of aromatic nitrogens is 2. The number of carbonyl (C=O) groups is 1. The first-order valence-corrected chi connectivity index (χ1v) is 13.3. The third-order valence-electron chi connectivity index (χ3n) is 5.73. The molecule has 4 aromatic rings. The summed E-state index contributed by atoms with van der Waals surface area (Å²) in [6, 6.07) is 13.0. The summed E-state index contributed by atoms with van der Waals surface area (Å²) in [5.74, 6) is -0.517. The monoisotopic (exact) mass is 553 g/mol. The predicted molar refractivity (Wildman–Crippen MR) is 145 cm³/mol. The van der Waals surface area contributed by atoms with Gasteiger partial charge in [-0.15, -0.1) is 0 Å². The van der Waals surface area contributed by atoms with Crippen molar-refractivity contribution in [2.45, 2.75) is 18.7 Å². The average Bonchev–Trinajstić information content (AvgIpc) is 3.35. The van der Waals surface area contributed by atoms with E-state index in [0.717, 1.165) is 11.5 Å². The second kappa shape index (κ2) is 11.1. The zero-order valence-corrected chi connectivity index (χ0v) is 22.2. The van der Waals surface area contributed by atoms with Crippen molar-refractivity contribution in [2.75, 3.05) is 25.6 Å². The number of nitro benzene ring substituents is 1. The number of carbonyl (C=O) groups excluding carboxylic acids is 1. The van der Waals surface area contributed by atoms with Crippen LogP contribution in [0.15, 0.2) is 71.9 Å². The molecule has 0 unspecified atom stereocenters. The van der Waals surface area contributed by atoms with Gasteiger partial charge in [-0.2, -0.15) is 0 Å². The zero-order valence-electron chi connectivity index (χ0n) is 21.4. The number of hydrogen-bond donors (Lipinski definition) is 3. The van der Waals surface area contributed by atoms with E-state index >= 15 is 0 Å². The average molecular weight is 554 g/mol. The van der Waals surface area contributed by atoms with Crippen LogP contribution >= 0.6 is 0 Å². The van der Waals surface area contributed by atoms with Crippen LogP contribution in [0.4, 0.5) is 11.4 Å².